The summed E-state index contributed by atoms with van der Waals surface area (Å²) in [4.78, 5) is 0. The Labute approximate surface area is 107 Å². The molecule has 18 heavy (non-hydrogen) atoms. The molecule has 2 heteroatoms. The lowest BCUT2D eigenvalue weighted by molar-refractivity contribution is -0.0598. The molecule has 1 aliphatic rings. The molecule has 2 atom stereocenters. The van der Waals surface area contributed by atoms with Crippen LogP contribution in [0.2, 0.25) is 0 Å². The maximum atomic E-state index is 5.93. The maximum Gasteiger partial charge on any atom is 0.184 e. The summed E-state index contributed by atoms with van der Waals surface area (Å²) in [5, 5.41) is 0. The van der Waals surface area contributed by atoms with Crippen molar-refractivity contribution in [2.24, 2.45) is 0 Å². The molecule has 0 saturated carbocycles. The summed E-state index contributed by atoms with van der Waals surface area (Å²) >= 11 is 0. The highest BCUT2D eigenvalue weighted by atomic mass is 16.7. The zero-order chi connectivity index (χ0) is 12.2. The van der Waals surface area contributed by atoms with Crippen molar-refractivity contribution in [3.63, 3.8) is 0 Å². The summed E-state index contributed by atoms with van der Waals surface area (Å²) in [6.45, 7) is 0.661. The molecule has 2 nitrogen and oxygen atoms in total. The molecule has 0 spiro atoms. The van der Waals surface area contributed by atoms with Gasteiger partial charge in [-0.05, 0) is 5.56 Å². The topological polar surface area (TPSA) is 18.5 Å². The molecule has 3 rings (SSSR count). The van der Waals surface area contributed by atoms with E-state index in [9.17, 15) is 0 Å². The Morgan fingerprint density at radius 3 is 2.28 bits per heavy atom. The quantitative estimate of drug-likeness (QED) is 0.819. The molecule has 0 radical (unpaired) electrons. The minimum atomic E-state index is -0.208. The first-order valence-electron chi connectivity index (χ1n) is 6.28. The van der Waals surface area contributed by atoms with Gasteiger partial charge in [0.05, 0.1) is 12.7 Å². The fourth-order valence-corrected chi connectivity index (χ4v) is 2.22. The molecule has 2 aromatic rings. The van der Waals surface area contributed by atoms with Crippen LogP contribution in [0.1, 0.15) is 17.4 Å². The summed E-state index contributed by atoms with van der Waals surface area (Å²) in [5.41, 5.74) is 2.38. The van der Waals surface area contributed by atoms with Crippen molar-refractivity contribution in [3.8, 4) is 0 Å². The van der Waals surface area contributed by atoms with Crippen LogP contribution in [0.5, 0.6) is 0 Å². The van der Waals surface area contributed by atoms with Crippen LogP contribution in [-0.4, -0.2) is 12.7 Å². The van der Waals surface area contributed by atoms with Crippen LogP contribution in [0.3, 0.4) is 0 Å². The SMILES string of the molecule is c1ccc(CC2COC(c3ccccc3)O2)cc1. The first-order chi connectivity index (χ1) is 8.92. The van der Waals surface area contributed by atoms with Gasteiger partial charge in [-0.3, -0.25) is 0 Å². The second kappa shape index (κ2) is 5.34. The number of rotatable bonds is 3. The van der Waals surface area contributed by atoms with Gasteiger partial charge in [0.25, 0.3) is 0 Å². The summed E-state index contributed by atoms with van der Waals surface area (Å²) in [6, 6.07) is 20.5. The highest BCUT2D eigenvalue weighted by Gasteiger charge is 2.27. The predicted octanol–water partition coefficient (Wildman–Crippen LogP) is 3.34. The van der Waals surface area contributed by atoms with E-state index in [1.807, 2.05) is 36.4 Å². The van der Waals surface area contributed by atoms with Gasteiger partial charge < -0.3 is 9.47 Å². The highest BCUT2D eigenvalue weighted by molar-refractivity contribution is 5.18. The van der Waals surface area contributed by atoms with E-state index in [0.29, 0.717) is 6.61 Å². The van der Waals surface area contributed by atoms with Crippen LogP contribution in [-0.2, 0) is 15.9 Å². The maximum absolute atomic E-state index is 5.93. The third-order valence-electron chi connectivity index (χ3n) is 3.13. The lowest BCUT2D eigenvalue weighted by Crippen LogP contribution is -2.13. The Kier molecular flexibility index (Phi) is 3.40. The Hall–Kier alpha value is -1.64. The molecule has 0 bridgehead atoms. The van der Waals surface area contributed by atoms with Crippen molar-refractivity contribution in [1.82, 2.24) is 0 Å². The van der Waals surface area contributed by atoms with Gasteiger partial charge in [-0.1, -0.05) is 60.7 Å². The fourth-order valence-electron chi connectivity index (χ4n) is 2.22. The Morgan fingerprint density at radius 2 is 1.56 bits per heavy atom. The molecule has 1 saturated heterocycles. The molecular weight excluding hydrogens is 224 g/mol. The normalized spacial score (nSPS) is 23.1. The van der Waals surface area contributed by atoms with Crippen LogP contribution in [0, 0.1) is 0 Å². The van der Waals surface area contributed by atoms with Gasteiger partial charge in [0.15, 0.2) is 6.29 Å². The standard InChI is InChI=1S/C16H16O2/c1-3-7-13(8-4-1)11-15-12-17-16(18-15)14-9-5-2-6-10-14/h1-10,15-16H,11-12H2. The van der Waals surface area contributed by atoms with E-state index in [1.165, 1.54) is 5.56 Å². The molecule has 0 aromatic heterocycles. The molecule has 92 valence electrons. The molecular formula is C16H16O2. The monoisotopic (exact) mass is 240 g/mol. The average Bonchev–Trinajstić information content (AvgIpc) is 2.89. The zero-order valence-corrected chi connectivity index (χ0v) is 10.2. The average molecular weight is 240 g/mol. The van der Waals surface area contributed by atoms with Gasteiger partial charge in [-0.15, -0.1) is 0 Å². The zero-order valence-electron chi connectivity index (χ0n) is 10.2. The van der Waals surface area contributed by atoms with E-state index in [4.69, 9.17) is 9.47 Å². The number of hydrogen-bond acceptors (Lipinski definition) is 2. The van der Waals surface area contributed by atoms with Gasteiger partial charge >= 0.3 is 0 Å². The number of hydrogen-bond donors (Lipinski definition) is 0. The molecule has 1 heterocycles. The molecule has 2 aromatic carbocycles. The van der Waals surface area contributed by atoms with Gasteiger partial charge in [0, 0.05) is 12.0 Å². The van der Waals surface area contributed by atoms with Gasteiger partial charge in [-0.2, -0.15) is 0 Å². The van der Waals surface area contributed by atoms with E-state index >= 15 is 0 Å². The minimum Gasteiger partial charge on any atom is -0.346 e. The van der Waals surface area contributed by atoms with Gasteiger partial charge in [-0.25, -0.2) is 0 Å². The van der Waals surface area contributed by atoms with Crippen LogP contribution in [0.25, 0.3) is 0 Å². The van der Waals surface area contributed by atoms with Crippen LogP contribution >= 0.6 is 0 Å². The minimum absolute atomic E-state index is 0.151. The molecule has 0 aliphatic carbocycles. The van der Waals surface area contributed by atoms with E-state index in [-0.39, 0.29) is 12.4 Å². The smallest absolute Gasteiger partial charge is 0.184 e. The van der Waals surface area contributed by atoms with E-state index in [0.717, 1.165) is 12.0 Å². The van der Waals surface area contributed by atoms with Crippen molar-refractivity contribution in [3.05, 3.63) is 71.8 Å². The van der Waals surface area contributed by atoms with Crippen LogP contribution in [0.15, 0.2) is 60.7 Å². The Balaban J connectivity index is 1.62. The third-order valence-corrected chi connectivity index (χ3v) is 3.13. The first-order valence-corrected chi connectivity index (χ1v) is 6.28. The van der Waals surface area contributed by atoms with Crippen molar-refractivity contribution >= 4 is 0 Å². The number of benzene rings is 2. The summed E-state index contributed by atoms with van der Waals surface area (Å²) in [7, 11) is 0. The van der Waals surface area contributed by atoms with Crippen molar-refractivity contribution < 1.29 is 9.47 Å². The molecule has 1 fully saturated rings. The van der Waals surface area contributed by atoms with Gasteiger partial charge in [0.1, 0.15) is 0 Å². The molecule has 0 amide bonds. The van der Waals surface area contributed by atoms with E-state index in [1.54, 1.807) is 0 Å². The second-order valence-electron chi connectivity index (χ2n) is 4.52. The Bertz CT molecular complexity index is 481. The lowest BCUT2D eigenvalue weighted by atomic mass is 10.1. The summed E-state index contributed by atoms with van der Waals surface area (Å²) in [5.74, 6) is 0. The van der Waals surface area contributed by atoms with E-state index < -0.39 is 0 Å². The molecule has 2 unspecified atom stereocenters. The fraction of sp³-hybridized carbons (Fsp3) is 0.250. The largest absolute Gasteiger partial charge is 0.346 e. The highest BCUT2D eigenvalue weighted by Crippen LogP contribution is 2.28. The lowest BCUT2D eigenvalue weighted by Gasteiger charge is -2.11. The summed E-state index contributed by atoms with van der Waals surface area (Å²) < 4.78 is 11.6. The first kappa shape index (κ1) is 11.5. The van der Waals surface area contributed by atoms with E-state index in [2.05, 4.69) is 24.3 Å². The number of ether oxygens (including phenoxy) is 2. The Morgan fingerprint density at radius 1 is 0.889 bits per heavy atom. The molecule has 0 N–H and O–H groups in total. The van der Waals surface area contributed by atoms with Crippen molar-refractivity contribution in [2.75, 3.05) is 6.61 Å². The molecule has 1 aliphatic heterocycles. The van der Waals surface area contributed by atoms with Gasteiger partial charge in [0.2, 0.25) is 0 Å². The summed E-state index contributed by atoms with van der Waals surface area (Å²) in [6.07, 6.45) is 0.849. The third kappa shape index (κ3) is 2.61. The van der Waals surface area contributed by atoms with Crippen LogP contribution < -0.4 is 0 Å². The van der Waals surface area contributed by atoms with Crippen molar-refractivity contribution in [2.45, 2.75) is 18.8 Å². The van der Waals surface area contributed by atoms with Crippen molar-refractivity contribution in [1.29, 1.82) is 0 Å². The second-order valence-corrected chi connectivity index (χ2v) is 4.52. The van der Waals surface area contributed by atoms with Crippen LogP contribution in [0.4, 0.5) is 0 Å². The predicted molar refractivity (Wildman–Crippen MR) is 70.2 cm³/mol.